The fourth-order valence-electron chi connectivity index (χ4n) is 0.862. The molecule has 1 rings (SSSR count). The van der Waals surface area contributed by atoms with Gasteiger partial charge >= 0.3 is 6.09 Å². The second-order valence-electron chi connectivity index (χ2n) is 2.50. The molecule has 0 aliphatic carbocycles. The lowest BCUT2D eigenvalue weighted by molar-refractivity contribution is 0.152. The van der Waals surface area contributed by atoms with Crippen molar-refractivity contribution in [3.63, 3.8) is 0 Å². The lowest BCUT2D eigenvalue weighted by Gasteiger charge is -1.98. The number of carbonyl (C=O) groups excluding carboxylic acids is 1. The number of hydrogen-bond donors (Lipinski definition) is 1. The zero-order valence-electron chi connectivity index (χ0n) is 7.93. The van der Waals surface area contributed by atoms with Gasteiger partial charge in [0.1, 0.15) is 0 Å². The minimum absolute atomic E-state index is 0.340. The molecule has 0 atom stereocenters. The molecule has 1 aromatic carbocycles. The molecule has 0 saturated carbocycles. The highest BCUT2D eigenvalue weighted by atomic mass is 16.5. The molecule has 4 nitrogen and oxygen atoms in total. The number of amides is 1. The van der Waals surface area contributed by atoms with E-state index >= 15 is 0 Å². The van der Waals surface area contributed by atoms with E-state index in [-0.39, 0.29) is 0 Å². The summed E-state index contributed by atoms with van der Waals surface area (Å²) in [6.45, 7) is 2.08. The van der Waals surface area contributed by atoms with E-state index in [0.717, 1.165) is 5.56 Å². The highest BCUT2D eigenvalue weighted by Gasteiger charge is 1.94. The predicted octanol–water partition coefficient (Wildman–Crippen LogP) is 1.77. The number of nitrogens with one attached hydrogen (secondary N) is 1. The molecule has 0 unspecified atom stereocenters. The average Bonchev–Trinajstić information content (AvgIpc) is 2.20. The van der Waals surface area contributed by atoms with E-state index in [1.807, 2.05) is 30.3 Å². The largest absolute Gasteiger partial charge is 0.449 e. The van der Waals surface area contributed by atoms with E-state index in [2.05, 4.69) is 15.3 Å². The monoisotopic (exact) mass is 192 g/mol. The molecule has 0 bridgehead atoms. The van der Waals surface area contributed by atoms with E-state index in [1.165, 1.54) is 0 Å². The van der Waals surface area contributed by atoms with Gasteiger partial charge in [-0.2, -0.15) is 5.10 Å². The molecule has 0 fully saturated rings. The van der Waals surface area contributed by atoms with Gasteiger partial charge in [0.25, 0.3) is 0 Å². The molecule has 1 N–H and O–H groups in total. The van der Waals surface area contributed by atoms with Gasteiger partial charge < -0.3 is 4.74 Å². The van der Waals surface area contributed by atoms with Gasteiger partial charge in [0.2, 0.25) is 0 Å². The topological polar surface area (TPSA) is 50.7 Å². The van der Waals surface area contributed by atoms with E-state index in [9.17, 15) is 4.79 Å². The average molecular weight is 192 g/mol. The Bertz CT molecular complexity index is 309. The molecule has 0 aliphatic heterocycles. The van der Waals surface area contributed by atoms with Crippen molar-refractivity contribution in [1.29, 1.82) is 0 Å². The fraction of sp³-hybridized carbons (Fsp3) is 0.200. The Morgan fingerprint density at radius 2 is 2.21 bits per heavy atom. The third-order valence-electron chi connectivity index (χ3n) is 1.44. The minimum atomic E-state index is -0.542. The Labute approximate surface area is 82.6 Å². The number of ether oxygens (including phenoxy) is 1. The van der Waals surface area contributed by atoms with Gasteiger partial charge in [-0.1, -0.05) is 30.3 Å². The van der Waals surface area contributed by atoms with Crippen LogP contribution in [0.2, 0.25) is 0 Å². The number of hydrazone groups is 1. The van der Waals surface area contributed by atoms with Crippen LogP contribution in [-0.2, 0) is 4.74 Å². The van der Waals surface area contributed by atoms with Crippen molar-refractivity contribution in [1.82, 2.24) is 5.43 Å². The van der Waals surface area contributed by atoms with Crippen LogP contribution in [0.5, 0.6) is 0 Å². The SMILES string of the molecule is CCOC(=O)N/N=C\c1ccccc1. The Morgan fingerprint density at radius 1 is 1.50 bits per heavy atom. The van der Waals surface area contributed by atoms with Crippen LogP contribution in [0.1, 0.15) is 12.5 Å². The molecule has 0 radical (unpaired) electrons. The van der Waals surface area contributed by atoms with Crippen molar-refractivity contribution < 1.29 is 9.53 Å². The summed E-state index contributed by atoms with van der Waals surface area (Å²) in [4.78, 5) is 10.8. The summed E-state index contributed by atoms with van der Waals surface area (Å²) in [6, 6.07) is 9.47. The van der Waals surface area contributed by atoms with E-state index in [1.54, 1.807) is 13.1 Å². The quantitative estimate of drug-likeness (QED) is 0.586. The smallest absolute Gasteiger partial charge is 0.427 e. The first-order valence-electron chi connectivity index (χ1n) is 4.34. The maximum Gasteiger partial charge on any atom is 0.427 e. The summed E-state index contributed by atoms with van der Waals surface area (Å²) in [7, 11) is 0. The van der Waals surface area contributed by atoms with E-state index in [4.69, 9.17) is 0 Å². The van der Waals surface area contributed by atoms with Gasteiger partial charge in [-0.05, 0) is 12.5 Å². The van der Waals surface area contributed by atoms with Crippen LogP contribution in [0.15, 0.2) is 35.4 Å². The highest BCUT2D eigenvalue weighted by Crippen LogP contribution is 1.93. The van der Waals surface area contributed by atoms with Crippen molar-refractivity contribution in [2.45, 2.75) is 6.92 Å². The van der Waals surface area contributed by atoms with Crippen molar-refractivity contribution in [2.75, 3.05) is 6.61 Å². The Morgan fingerprint density at radius 3 is 2.86 bits per heavy atom. The van der Waals surface area contributed by atoms with Gasteiger partial charge in [-0.25, -0.2) is 10.2 Å². The highest BCUT2D eigenvalue weighted by molar-refractivity contribution is 5.80. The summed E-state index contributed by atoms with van der Waals surface area (Å²) in [5.41, 5.74) is 3.16. The van der Waals surface area contributed by atoms with E-state index < -0.39 is 6.09 Å². The normalized spacial score (nSPS) is 10.1. The molecular formula is C10H12N2O2. The van der Waals surface area contributed by atoms with Crippen molar-refractivity contribution in [3.05, 3.63) is 35.9 Å². The molecular weight excluding hydrogens is 180 g/mol. The van der Waals surface area contributed by atoms with Gasteiger partial charge in [-0.3, -0.25) is 0 Å². The number of hydrogen-bond acceptors (Lipinski definition) is 3. The number of benzene rings is 1. The van der Waals surface area contributed by atoms with Gasteiger partial charge in [0.05, 0.1) is 12.8 Å². The molecule has 0 aliphatic rings. The summed E-state index contributed by atoms with van der Waals surface area (Å²) >= 11 is 0. The standard InChI is InChI=1S/C10H12N2O2/c1-2-14-10(13)12-11-8-9-6-4-3-5-7-9/h3-8H,2H2,1H3,(H,12,13)/b11-8-. The second-order valence-corrected chi connectivity index (χ2v) is 2.50. The predicted molar refractivity (Wildman–Crippen MR) is 54.2 cm³/mol. The molecule has 4 heteroatoms. The zero-order chi connectivity index (χ0) is 10.2. The van der Waals surface area contributed by atoms with Gasteiger partial charge in [-0.15, -0.1) is 0 Å². The Kier molecular flexibility index (Phi) is 4.20. The maximum atomic E-state index is 10.8. The number of carbonyl (C=O) groups is 1. The van der Waals surface area contributed by atoms with Crippen LogP contribution in [0.4, 0.5) is 4.79 Å². The molecule has 1 amide bonds. The minimum Gasteiger partial charge on any atom is -0.449 e. The zero-order valence-corrected chi connectivity index (χ0v) is 7.93. The lowest BCUT2D eigenvalue weighted by atomic mass is 10.2. The molecule has 0 spiro atoms. The Hall–Kier alpha value is -1.84. The first kappa shape index (κ1) is 10.2. The Balaban J connectivity index is 2.38. The summed E-state index contributed by atoms with van der Waals surface area (Å²) in [5.74, 6) is 0. The molecule has 14 heavy (non-hydrogen) atoms. The van der Waals surface area contributed by atoms with Gasteiger partial charge in [0, 0.05) is 0 Å². The van der Waals surface area contributed by atoms with E-state index in [0.29, 0.717) is 6.61 Å². The number of nitrogens with zero attached hydrogens (tertiary/aromatic N) is 1. The maximum absolute atomic E-state index is 10.8. The van der Waals surface area contributed by atoms with Crippen LogP contribution in [0.25, 0.3) is 0 Å². The van der Waals surface area contributed by atoms with Crippen molar-refractivity contribution in [2.24, 2.45) is 5.10 Å². The summed E-state index contributed by atoms with van der Waals surface area (Å²) in [6.07, 6.45) is 1.01. The van der Waals surface area contributed by atoms with Crippen LogP contribution in [-0.4, -0.2) is 18.9 Å². The number of rotatable bonds is 3. The van der Waals surface area contributed by atoms with Crippen LogP contribution in [0, 0.1) is 0 Å². The first-order valence-corrected chi connectivity index (χ1v) is 4.34. The lowest BCUT2D eigenvalue weighted by Crippen LogP contribution is -2.18. The third-order valence-corrected chi connectivity index (χ3v) is 1.44. The molecule has 1 aromatic rings. The third kappa shape index (κ3) is 3.71. The van der Waals surface area contributed by atoms with Crippen LogP contribution >= 0.6 is 0 Å². The summed E-state index contributed by atoms with van der Waals surface area (Å²) in [5, 5.41) is 3.71. The summed E-state index contributed by atoms with van der Waals surface area (Å²) < 4.78 is 4.62. The first-order chi connectivity index (χ1) is 6.83. The molecule has 0 heterocycles. The van der Waals surface area contributed by atoms with Crippen molar-refractivity contribution in [3.8, 4) is 0 Å². The fourth-order valence-corrected chi connectivity index (χ4v) is 0.862. The molecule has 0 aromatic heterocycles. The molecule has 0 saturated heterocycles. The second kappa shape index (κ2) is 5.75. The van der Waals surface area contributed by atoms with Crippen molar-refractivity contribution >= 4 is 12.3 Å². The van der Waals surface area contributed by atoms with Crippen LogP contribution in [0.3, 0.4) is 0 Å². The molecule has 74 valence electrons. The van der Waals surface area contributed by atoms with Crippen LogP contribution < -0.4 is 5.43 Å². The van der Waals surface area contributed by atoms with Gasteiger partial charge in [0.15, 0.2) is 0 Å².